The smallest absolute Gasteiger partial charge is 0.0677 e. The van der Waals surface area contributed by atoms with Crippen molar-refractivity contribution in [1.29, 1.82) is 0 Å². The summed E-state index contributed by atoms with van der Waals surface area (Å²) >= 11 is 0. The molecule has 4 heteroatoms. The van der Waals surface area contributed by atoms with Crippen LogP contribution in [0.1, 0.15) is 25.0 Å². The van der Waals surface area contributed by atoms with E-state index in [0.717, 1.165) is 51.4 Å². The van der Waals surface area contributed by atoms with Gasteiger partial charge >= 0.3 is 0 Å². The number of aromatic nitrogens is 1. The lowest BCUT2D eigenvalue weighted by atomic mass is 9.73. The molecule has 2 saturated heterocycles. The summed E-state index contributed by atoms with van der Waals surface area (Å²) in [6.07, 6.45) is 7.44. The van der Waals surface area contributed by atoms with Crippen LogP contribution in [-0.2, 0) is 16.0 Å². The number of likely N-dealkylation sites (tertiary alicyclic amines) is 1. The molecule has 1 aromatic rings. The van der Waals surface area contributed by atoms with E-state index in [0.29, 0.717) is 12.7 Å². The zero-order valence-electron chi connectivity index (χ0n) is 13.2. The van der Waals surface area contributed by atoms with E-state index in [9.17, 15) is 0 Å². The molecule has 4 nitrogen and oxygen atoms in total. The Morgan fingerprint density at radius 3 is 3.27 bits per heavy atom. The van der Waals surface area contributed by atoms with Crippen LogP contribution in [0.2, 0.25) is 0 Å². The Hall–Kier alpha value is -1.23. The van der Waals surface area contributed by atoms with Crippen molar-refractivity contribution in [2.24, 2.45) is 5.41 Å². The molecule has 0 amide bonds. The third-order valence-electron chi connectivity index (χ3n) is 4.80. The molecule has 0 bridgehead atoms. The molecule has 0 N–H and O–H groups in total. The zero-order valence-corrected chi connectivity index (χ0v) is 13.2. The van der Waals surface area contributed by atoms with E-state index in [1.165, 1.54) is 6.42 Å². The summed E-state index contributed by atoms with van der Waals surface area (Å²) in [7, 11) is 0. The molecule has 1 aromatic heterocycles. The number of nitrogens with zero attached hydrogens (tertiary/aromatic N) is 2. The van der Waals surface area contributed by atoms with Crippen LogP contribution in [0.5, 0.6) is 0 Å². The standard InChI is InChI=1S/C18H26N2O2/c1-2-11-21-15-18-8-5-12-22-17(18)7-10-20(14-18)13-16-6-3-4-9-19-16/h2-4,6,9,17H,1,5,7-8,10-15H2/t17-,18+/m1/s1. The number of pyridine rings is 1. The van der Waals surface area contributed by atoms with Crippen LogP contribution in [-0.4, -0.2) is 48.9 Å². The molecule has 0 unspecified atom stereocenters. The summed E-state index contributed by atoms with van der Waals surface area (Å²) in [5.74, 6) is 0. The molecule has 2 fully saturated rings. The molecule has 3 rings (SSSR count). The van der Waals surface area contributed by atoms with E-state index in [1.807, 2.05) is 18.3 Å². The largest absolute Gasteiger partial charge is 0.377 e. The van der Waals surface area contributed by atoms with Crippen LogP contribution in [0.3, 0.4) is 0 Å². The van der Waals surface area contributed by atoms with Crippen molar-refractivity contribution in [3.05, 3.63) is 42.7 Å². The monoisotopic (exact) mass is 302 g/mol. The van der Waals surface area contributed by atoms with Gasteiger partial charge in [-0.3, -0.25) is 9.88 Å². The number of hydrogen-bond donors (Lipinski definition) is 0. The van der Waals surface area contributed by atoms with Crippen molar-refractivity contribution in [2.75, 3.05) is 32.9 Å². The molecule has 0 saturated carbocycles. The first-order valence-electron chi connectivity index (χ1n) is 8.25. The third kappa shape index (κ3) is 3.57. The van der Waals surface area contributed by atoms with Crippen LogP contribution < -0.4 is 0 Å². The topological polar surface area (TPSA) is 34.6 Å². The summed E-state index contributed by atoms with van der Waals surface area (Å²) in [6.45, 7) is 9.04. The van der Waals surface area contributed by atoms with Crippen molar-refractivity contribution in [2.45, 2.75) is 31.9 Å². The van der Waals surface area contributed by atoms with Gasteiger partial charge < -0.3 is 9.47 Å². The molecule has 3 heterocycles. The van der Waals surface area contributed by atoms with E-state index >= 15 is 0 Å². The van der Waals surface area contributed by atoms with E-state index in [1.54, 1.807) is 0 Å². The lowest BCUT2D eigenvalue weighted by Crippen LogP contribution is -2.56. The maximum absolute atomic E-state index is 6.07. The molecule has 0 radical (unpaired) electrons. The van der Waals surface area contributed by atoms with Crippen molar-refractivity contribution >= 4 is 0 Å². The third-order valence-corrected chi connectivity index (χ3v) is 4.80. The minimum atomic E-state index is 0.133. The fourth-order valence-electron chi connectivity index (χ4n) is 3.79. The van der Waals surface area contributed by atoms with Gasteiger partial charge in [0.05, 0.1) is 25.0 Å². The second kappa shape index (κ2) is 7.36. The van der Waals surface area contributed by atoms with Crippen LogP contribution in [0.4, 0.5) is 0 Å². The molecular formula is C18H26N2O2. The lowest BCUT2D eigenvalue weighted by molar-refractivity contribution is -0.152. The first-order chi connectivity index (χ1) is 10.8. The Morgan fingerprint density at radius 1 is 1.50 bits per heavy atom. The van der Waals surface area contributed by atoms with Crippen molar-refractivity contribution in [3.8, 4) is 0 Å². The molecule has 2 aliphatic heterocycles. The van der Waals surface area contributed by atoms with Gasteiger partial charge in [-0.1, -0.05) is 12.1 Å². The SMILES string of the molecule is C=CCOC[C@@]12CCCO[C@@H]1CCN(Cc1ccccn1)C2. The quantitative estimate of drug-likeness (QED) is 0.598. The minimum Gasteiger partial charge on any atom is -0.377 e. The number of rotatable bonds is 6. The Labute approximate surface area is 133 Å². The van der Waals surface area contributed by atoms with E-state index in [2.05, 4.69) is 28.6 Å². The van der Waals surface area contributed by atoms with Gasteiger partial charge in [0.2, 0.25) is 0 Å². The van der Waals surface area contributed by atoms with Crippen molar-refractivity contribution < 1.29 is 9.47 Å². The van der Waals surface area contributed by atoms with Crippen LogP contribution in [0.15, 0.2) is 37.1 Å². The number of hydrogen-bond acceptors (Lipinski definition) is 4. The number of piperidine rings is 1. The van der Waals surface area contributed by atoms with Gasteiger partial charge in [0.25, 0.3) is 0 Å². The molecule has 0 aliphatic carbocycles. The molecule has 2 atom stereocenters. The fraction of sp³-hybridized carbons (Fsp3) is 0.611. The molecule has 2 aliphatic rings. The Bertz CT molecular complexity index is 479. The molecule has 120 valence electrons. The van der Waals surface area contributed by atoms with Gasteiger partial charge in [-0.05, 0) is 31.4 Å². The van der Waals surface area contributed by atoms with Gasteiger partial charge in [0.15, 0.2) is 0 Å². The second-order valence-electron chi connectivity index (χ2n) is 6.45. The Morgan fingerprint density at radius 2 is 2.45 bits per heavy atom. The first-order valence-corrected chi connectivity index (χ1v) is 8.25. The first kappa shape index (κ1) is 15.7. The van der Waals surface area contributed by atoms with Crippen LogP contribution >= 0.6 is 0 Å². The maximum Gasteiger partial charge on any atom is 0.0677 e. The molecular weight excluding hydrogens is 276 g/mol. The summed E-state index contributed by atoms with van der Waals surface area (Å²) in [5.41, 5.74) is 1.27. The number of ether oxygens (including phenoxy) is 2. The van der Waals surface area contributed by atoms with Crippen molar-refractivity contribution in [3.63, 3.8) is 0 Å². The highest BCUT2D eigenvalue weighted by Gasteiger charge is 2.46. The molecule has 22 heavy (non-hydrogen) atoms. The second-order valence-corrected chi connectivity index (χ2v) is 6.45. The highest BCUT2D eigenvalue weighted by Crippen LogP contribution is 2.40. The average molecular weight is 302 g/mol. The molecule has 0 aromatic carbocycles. The van der Waals surface area contributed by atoms with Gasteiger partial charge in [-0.25, -0.2) is 0 Å². The Balaban J connectivity index is 1.67. The highest BCUT2D eigenvalue weighted by atomic mass is 16.5. The summed E-state index contributed by atoms with van der Waals surface area (Å²) in [4.78, 5) is 6.96. The van der Waals surface area contributed by atoms with E-state index in [-0.39, 0.29) is 5.41 Å². The van der Waals surface area contributed by atoms with Gasteiger partial charge in [-0.15, -0.1) is 6.58 Å². The van der Waals surface area contributed by atoms with E-state index in [4.69, 9.17) is 9.47 Å². The van der Waals surface area contributed by atoms with Crippen LogP contribution in [0.25, 0.3) is 0 Å². The fourth-order valence-corrected chi connectivity index (χ4v) is 3.79. The van der Waals surface area contributed by atoms with Gasteiger partial charge in [-0.2, -0.15) is 0 Å². The molecule has 0 spiro atoms. The van der Waals surface area contributed by atoms with Crippen LogP contribution in [0, 0.1) is 5.41 Å². The summed E-state index contributed by atoms with van der Waals surface area (Å²) in [6, 6.07) is 6.13. The van der Waals surface area contributed by atoms with Gasteiger partial charge in [0, 0.05) is 37.9 Å². The Kier molecular flexibility index (Phi) is 5.24. The number of fused-ring (bicyclic) bond motifs is 1. The summed E-state index contributed by atoms with van der Waals surface area (Å²) in [5, 5.41) is 0. The van der Waals surface area contributed by atoms with Gasteiger partial charge in [0.1, 0.15) is 0 Å². The highest BCUT2D eigenvalue weighted by molar-refractivity contribution is 5.05. The lowest BCUT2D eigenvalue weighted by Gasteiger charge is -2.50. The maximum atomic E-state index is 6.07. The predicted molar refractivity (Wildman–Crippen MR) is 86.6 cm³/mol. The zero-order chi connectivity index (χ0) is 15.3. The van der Waals surface area contributed by atoms with E-state index < -0.39 is 0 Å². The average Bonchev–Trinajstić information content (AvgIpc) is 2.56. The van der Waals surface area contributed by atoms with Crippen molar-refractivity contribution in [1.82, 2.24) is 9.88 Å². The predicted octanol–water partition coefficient (Wildman–Crippen LogP) is 2.66. The normalized spacial score (nSPS) is 29.0. The summed E-state index contributed by atoms with van der Waals surface area (Å²) < 4.78 is 11.9. The minimum absolute atomic E-state index is 0.133.